The highest BCUT2D eigenvalue weighted by Gasteiger charge is 2.48. The van der Waals surface area contributed by atoms with Gasteiger partial charge in [0.05, 0.1) is 12.2 Å². The van der Waals surface area contributed by atoms with Gasteiger partial charge in [-0.2, -0.15) is 0 Å². The lowest BCUT2D eigenvalue weighted by Gasteiger charge is -2.28. The van der Waals surface area contributed by atoms with E-state index in [0.717, 1.165) is 17.8 Å². The summed E-state index contributed by atoms with van der Waals surface area (Å²) < 4.78 is 5.98. The van der Waals surface area contributed by atoms with Crippen molar-refractivity contribution in [3.8, 4) is 0 Å². The van der Waals surface area contributed by atoms with Crippen molar-refractivity contribution in [1.82, 2.24) is 0 Å². The smallest absolute Gasteiger partial charge is 0.0613 e. The van der Waals surface area contributed by atoms with Crippen LogP contribution in [0.3, 0.4) is 0 Å². The summed E-state index contributed by atoms with van der Waals surface area (Å²) in [6, 6.07) is 0. The third kappa shape index (κ3) is 1.24. The standard InChI is InChI=1S/C12H20O/c1-8-6-11-10-5-3-2-4-9(10)7-12(11)13-8/h8-12H,2-7H2,1H3. The molecule has 1 heteroatoms. The molecule has 5 atom stereocenters. The average molecular weight is 180 g/mol. The maximum atomic E-state index is 5.98. The lowest BCUT2D eigenvalue weighted by molar-refractivity contribution is 0.0473. The van der Waals surface area contributed by atoms with E-state index >= 15 is 0 Å². The molecule has 0 aromatic rings. The Morgan fingerprint density at radius 1 is 1.00 bits per heavy atom. The minimum absolute atomic E-state index is 0.554. The highest BCUT2D eigenvalue weighted by molar-refractivity contribution is 4.97. The topological polar surface area (TPSA) is 9.23 Å². The molecule has 0 amide bonds. The number of fused-ring (bicyclic) bond motifs is 3. The van der Waals surface area contributed by atoms with Crippen LogP contribution in [0.4, 0.5) is 0 Å². The fraction of sp³-hybridized carbons (Fsp3) is 1.00. The van der Waals surface area contributed by atoms with Gasteiger partial charge in [-0.15, -0.1) is 0 Å². The van der Waals surface area contributed by atoms with Crippen molar-refractivity contribution >= 4 is 0 Å². The van der Waals surface area contributed by atoms with Crippen molar-refractivity contribution in [2.75, 3.05) is 0 Å². The third-order valence-corrected chi connectivity index (χ3v) is 4.54. The summed E-state index contributed by atoms with van der Waals surface area (Å²) in [4.78, 5) is 0. The first kappa shape index (κ1) is 8.28. The largest absolute Gasteiger partial charge is 0.375 e. The van der Waals surface area contributed by atoms with Crippen molar-refractivity contribution in [3.63, 3.8) is 0 Å². The van der Waals surface area contributed by atoms with Crippen molar-refractivity contribution < 1.29 is 4.74 Å². The summed E-state index contributed by atoms with van der Waals surface area (Å²) in [5.74, 6) is 3.03. The van der Waals surface area contributed by atoms with Gasteiger partial charge in [-0.3, -0.25) is 0 Å². The molecule has 5 unspecified atom stereocenters. The van der Waals surface area contributed by atoms with E-state index in [-0.39, 0.29) is 0 Å². The second-order valence-electron chi connectivity index (χ2n) is 5.33. The molecule has 2 saturated carbocycles. The molecule has 74 valence electrons. The van der Waals surface area contributed by atoms with Crippen LogP contribution < -0.4 is 0 Å². The van der Waals surface area contributed by atoms with Crippen molar-refractivity contribution in [3.05, 3.63) is 0 Å². The van der Waals surface area contributed by atoms with Crippen LogP contribution in [0.5, 0.6) is 0 Å². The summed E-state index contributed by atoms with van der Waals surface area (Å²) in [5, 5.41) is 0. The zero-order valence-corrected chi connectivity index (χ0v) is 8.54. The van der Waals surface area contributed by atoms with Gasteiger partial charge in [-0.05, 0) is 43.9 Å². The summed E-state index contributed by atoms with van der Waals surface area (Å²) in [5.41, 5.74) is 0. The molecule has 0 N–H and O–H groups in total. The van der Waals surface area contributed by atoms with Gasteiger partial charge >= 0.3 is 0 Å². The maximum absolute atomic E-state index is 5.98. The normalized spacial score (nSPS) is 54.7. The molecule has 0 aromatic heterocycles. The van der Waals surface area contributed by atoms with Crippen molar-refractivity contribution in [1.29, 1.82) is 0 Å². The van der Waals surface area contributed by atoms with Gasteiger partial charge in [-0.1, -0.05) is 19.3 Å². The fourth-order valence-electron chi connectivity index (χ4n) is 4.06. The molecule has 1 heterocycles. The number of rotatable bonds is 0. The molecule has 3 rings (SSSR count). The maximum Gasteiger partial charge on any atom is 0.0613 e. The van der Waals surface area contributed by atoms with Gasteiger partial charge in [0.15, 0.2) is 0 Å². The van der Waals surface area contributed by atoms with E-state index in [9.17, 15) is 0 Å². The fourth-order valence-corrected chi connectivity index (χ4v) is 4.06. The highest BCUT2D eigenvalue weighted by atomic mass is 16.5. The van der Waals surface area contributed by atoms with Crippen LogP contribution in [-0.2, 0) is 4.74 Å². The minimum atomic E-state index is 0.554. The Morgan fingerprint density at radius 2 is 1.85 bits per heavy atom. The number of hydrogen-bond acceptors (Lipinski definition) is 1. The predicted octanol–water partition coefficient (Wildman–Crippen LogP) is 2.99. The monoisotopic (exact) mass is 180 g/mol. The summed E-state index contributed by atoms with van der Waals surface area (Å²) in [7, 11) is 0. The SMILES string of the molecule is CC1CC2C(CC3CCCCC32)O1. The molecule has 13 heavy (non-hydrogen) atoms. The Labute approximate surface area is 80.8 Å². The second kappa shape index (κ2) is 2.98. The van der Waals surface area contributed by atoms with E-state index in [1.54, 1.807) is 0 Å². The van der Waals surface area contributed by atoms with Crippen LogP contribution in [0.2, 0.25) is 0 Å². The number of hydrogen-bond donors (Lipinski definition) is 0. The zero-order chi connectivity index (χ0) is 8.84. The van der Waals surface area contributed by atoms with E-state index in [1.807, 2.05) is 0 Å². The van der Waals surface area contributed by atoms with Gasteiger partial charge < -0.3 is 4.74 Å². The van der Waals surface area contributed by atoms with Crippen molar-refractivity contribution in [2.24, 2.45) is 17.8 Å². The molecule has 2 aliphatic carbocycles. The Bertz CT molecular complexity index is 201. The Kier molecular flexibility index (Phi) is 1.90. The minimum Gasteiger partial charge on any atom is -0.375 e. The first-order chi connectivity index (χ1) is 6.34. The zero-order valence-electron chi connectivity index (χ0n) is 8.54. The van der Waals surface area contributed by atoms with Crippen molar-refractivity contribution in [2.45, 2.75) is 57.7 Å². The third-order valence-electron chi connectivity index (χ3n) is 4.54. The van der Waals surface area contributed by atoms with Crippen LogP contribution in [-0.4, -0.2) is 12.2 Å². The number of ether oxygens (including phenoxy) is 1. The van der Waals surface area contributed by atoms with Crippen LogP contribution in [0.1, 0.15) is 45.4 Å². The molecule has 1 saturated heterocycles. The van der Waals surface area contributed by atoms with E-state index in [0.29, 0.717) is 12.2 Å². The summed E-state index contributed by atoms with van der Waals surface area (Å²) in [6.07, 6.45) is 9.92. The predicted molar refractivity (Wildman–Crippen MR) is 52.5 cm³/mol. The lowest BCUT2D eigenvalue weighted by Crippen LogP contribution is -2.20. The van der Waals surface area contributed by atoms with Crippen LogP contribution >= 0.6 is 0 Å². The van der Waals surface area contributed by atoms with E-state index in [2.05, 4.69) is 6.92 Å². The van der Waals surface area contributed by atoms with Gasteiger partial charge in [0.2, 0.25) is 0 Å². The molecule has 0 spiro atoms. The molecule has 0 radical (unpaired) electrons. The van der Waals surface area contributed by atoms with Crippen LogP contribution in [0, 0.1) is 17.8 Å². The highest BCUT2D eigenvalue weighted by Crippen LogP contribution is 2.51. The molecular formula is C12H20O. The molecule has 1 aliphatic heterocycles. The summed E-state index contributed by atoms with van der Waals surface area (Å²) >= 11 is 0. The quantitative estimate of drug-likeness (QED) is 0.557. The van der Waals surface area contributed by atoms with E-state index in [1.165, 1.54) is 38.5 Å². The molecule has 3 aliphatic rings. The molecule has 0 aromatic carbocycles. The van der Waals surface area contributed by atoms with Gasteiger partial charge in [-0.25, -0.2) is 0 Å². The molecule has 0 bridgehead atoms. The van der Waals surface area contributed by atoms with Gasteiger partial charge in [0.25, 0.3) is 0 Å². The molecule has 3 fully saturated rings. The Hall–Kier alpha value is -0.0400. The summed E-state index contributed by atoms with van der Waals surface area (Å²) in [6.45, 7) is 2.25. The Morgan fingerprint density at radius 3 is 2.77 bits per heavy atom. The van der Waals surface area contributed by atoms with E-state index in [4.69, 9.17) is 4.74 Å². The first-order valence-electron chi connectivity index (χ1n) is 6.00. The first-order valence-corrected chi connectivity index (χ1v) is 6.00. The van der Waals surface area contributed by atoms with Gasteiger partial charge in [0, 0.05) is 0 Å². The molecular weight excluding hydrogens is 160 g/mol. The molecule has 1 nitrogen and oxygen atoms in total. The van der Waals surface area contributed by atoms with Gasteiger partial charge in [0.1, 0.15) is 0 Å². The Balaban J connectivity index is 1.76. The lowest BCUT2D eigenvalue weighted by atomic mass is 9.77. The second-order valence-corrected chi connectivity index (χ2v) is 5.33. The average Bonchev–Trinajstić information content (AvgIpc) is 2.60. The van der Waals surface area contributed by atoms with Crippen LogP contribution in [0.15, 0.2) is 0 Å². The van der Waals surface area contributed by atoms with E-state index < -0.39 is 0 Å². The van der Waals surface area contributed by atoms with Crippen LogP contribution in [0.25, 0.3) is 0 Å².